The van der Waals surface area contributed by atoms with Crippen LogP contribution in [0.3, 0.4) is 0 Å². The largest absolute Gasteiger partial charge is 0.392 e. The molecular formula is C12H17N5O. The standard InChI is InChI=1S/C12H17N5O/c1-9(18)7-13-10(2)11-3-5-12(6-4-11)17-8-14-15-16-17/h3-6,8-10,13,18H,7H2,1-2H3. The number of hydrogen-bond donors (Lipinski definition) is 2. The van der Waals surface area contributed by atoms with E-state index in [0.29, 0.717) is 6.54 Å². The Hall–Kier alpha value is -1.79. The van der Waals surface area contributed by atoms with Crippen molar-refractivity contribution in [3.8, 4) is 5.69 Å². The molecule has 0 saturated heterocycles. The molecule has 2 atom stereocenters. The van der Waals surface area contributed by atoms with Crippen LogP contribution in [0.25, 0.3) is 5.69 Å². The van der Waals surface area contributed by atoms with E-state index in [2.05, 4.69) is 27.8 Å². The van der Waals surface area contributed by atoms with Gasteiger partial charge in [-0.1, -0.05) is 12.1 Å². The van der Waals surface area contributed by atoms with Crippen molar-refractivity contribution in [3.63, 3.8) is 0 Å². The second kappa shape index (κ2) is 5.70. The number of hydrogen-bond acceptors (Lipinski definition) is 5. The van der Waals surface area contributed by atoms with Gasteiger partial charge in [-0.2, -0.15) is 0 Å². The summed E-state index contributed by atoms with van der Waals surface area (Å²) in [4.78, 5) is 0. The first-order valence-electron chi connectivity index (χ1n) is 5.91. The number of aliphatic hydroxyl groups excluding tert-OH is 1. The smallest absolute Gasteiger partial charge is 0.143 e. The van der Waals surface area contributed by atoms with Crippen LogP contribution in [0.5, 0.6) is 0 Å². The van der Waals surface area contributed by atoms with Crippen LogP contribution in [0.1, 0.15) is 25.5 Å². The third kappa shape index (κ3) is 3.12. The van der Waals surface area contributed by atoms with Gasteiger partial charge in [-0.15, -0.1) is 5.10 Å². The van der Waals surface area contributed by atoms with Crippen molar-refractivity contribution in [2.45, 2.75) is 26.0 Å². The van der Waals surface area contributed by atoms with Gasteiger partial charge in [0.25, 0.3) is 0 Å². The molecule has 0 spiro atoms. The lowest BCUT2D eigenvalue weighted by Crippen LogP contribution is -2.27. The molecule has 6 heteroatoms. The van der Waals surface area contributed by atoms with E-state index in [1.807, 2.05) is 24.3 Å². The van der Waals surface area contributed by atoms with Gasteiger partial charge in [0.05, 0.1) is 11.8 Å². The van der Waals surface area contributed by atoms with E-state index in [0.717, 1.165) is 11.3 Å². The maximum atomic E-state index is 9.23. The van der Waals surface area contributed by atoms with Crippen LogP contribution in [0.4, 0.5) is 0 Å². The van der Waals surface area contributed by atoms with E-state index in [4.69, 9.17) is 0 Å². The molecule has 0 amide bonds. The number of rotatable bonds is 5. The van der Waals surface area contributed by atoms with E-state index < -0.39 is 0 Å². The molecule has 6 nitrogen and oxygen atoms in total. The summed E-state index contributed by atoms with van der Waals surface area (Å²) in [6, 6.07) is 8.17. The zero-order valence-electron chi connectivity index (χ0n) is 10.5. The molecule has 0 fully saturated rings. The van der Waals surface area contributed by atoms with Gasteiger partial charge in [0.1, 0.15) is 6.33 Å². The third-order valence-corrected chi connectivity index (χ3v) is 2.73. The summed E-state index contributed by atoms with van der Waals surface area (Å²) in [7, 11) is 0. The molecule has 2 unspecified atom stereocenters. The first-order valence-corrected chi connectivity index (χ1v) is 5.91. The lowest BCUT2D eigenvalue weighted by Gasteiger charge is -2.15. The number of aromatic nitrogens is 4. The number of aliphatic hydroxyl groups is 1. The molecular weight excluding hydrogens is 230 g/mol. The summed E-state index contributed by atoms with van der Waals surface area (Å²) >= 11 is 0. The fraction of sp³-hybridized carbons (Fsp3) is 0.417. The molecule has 18 heavy (non-hydrogen) atoms. The van der Waals surface area contributed by atoms with Crippen molar-refractivity contribution in [2.75, 3.05) is 6.54 Å². The van der Waals surface area contributed by atoms with Crippen LogP contribution in [0.2, 0.25) is 0 Å². The van der Waals surface area contributed by atoms with E-state index in [1.54, 1.807) is 17.9 Å². The van der Waals surface area contributed by atoms with E-state index in [9.17, 15) is 5.11 Å². The van der Waals surface area contributed by atoms with Crippen molar-refractivity contribution in [1.82, 2.24) is 25.5 Å². The zero-order valence-corrected chi connectivity index (χ0v) is 10.5. The molecule has 2 rings (SSSR count). The molecule has 1 aromatic carbocycles. The van der Waals surface area contributed by atoms with Crippen LogP contribution in [-0.4, -0.2) is 38.0 Å². The van der Waals surface area contributed by atoms with Gasteiger partial charge in [0.2, 0.25) is 0 Å². The van der Waals surface area contributed by atoms with Crippen molar-refractivity contribution < 1.29 is 5.11 Å². The minimum Gasteiger partial charge on any atom is -0.392 e. The van der Waals surface area contributed by atoms with Crippen LogP contribution >= 0.6 is 0 Å². The Labute approximate surface area is 106 Å². The van der Waals surface area contributed by atoms with Crippen LogP contribution < -0.4 is 5.32 Å². The molecule has 1 heterocycles. The van der Waals surface area contributed by atoms with Crippen molar-refractivity contribution >= 4 is 0 Å². The molecule has 2 aromatic rings. The second-order valence-corrected chi connectivity index (χ2v) is 4.32. The maximum absolute atomic E-state index is 9.23. The second-order valence-electron chi connectivity index (χ2n) is 4.32. The normalized spacial score (nSPS) is 14.4. The first-order chi connectivity index (χ1) is 8.66. The molecule has 0 saturated carbocycles. The minimum atomic E-state index is -0.340. The first kappa shape index (κ1) is 12.7. The fourth-order valence-corrected chi connectivity index (χ4v) is 1.66. The fourth-order valence-electron chi connectivity index (χ4n) is 1.66. The molecule has 0 aliphatic heterocycles. The van der Waals surface area contributed by atoms with Crippen LogP contribution in [0, 0.1) is 0 Å². The van der Waals surface area contributed by atoms with E-state index in [1.165, 1.54) is 0 Å². The minimum absolute atomic E-state index is 0.197. The molecule has 0 aliphatic rings. The van der Waals surface area contributed by atoms with Crippen LogP contribution in [-0.2, 0) is 0 Å². The van der Waals surface area contributed by atoms with Gasteiger partial charge < -0.3 is 10.4 Å². The van der Waals surface area contributed by atoms with Crippen LogP contribution in [0.15, 0.2) is 30.6 Å². The third-order valence-electron chi connectivity index (χ3n) is 2.73. The average molecular weight is 247 g/mol. The summed E-state index contributed by atoms with van der Waals surface area (Å²) in [5, 5.41) is 23.5. The van der Waals surface area contributed by atoms with E-state index in [-0.39, 0.29) is 12.1 Å². The highest BCUT2D eigenvalue weighted by Gasteiger charge is 2.06. The van der Waals surface area contributed by atoms with Gasteiger partial charge >= 0.3 is 0 Å². The Balaban J connectivity index is 2.03. The summed E-state index contributed by atoms with van der Waals surface area (Å²) in [5.74, 6) is 0. The van der Waals surface area contributed by atoms with Gasteiger partial charge in [-0.05, 0) is 42.0 Å². The maximum Gasteiger partial charge on any atom is 0.143 e. The predicted octanol–water partition coefficient (Wildman–Crippen LogP) is 0.694. The molecule has 0 bridgehead atoms. The number of tetrazole rings is 1. The summed E-state index contributed by atoms with van der Waals surface area (Å²) < 4.78 is 1.61. The molecule has 0 aliphatic carbocycles. The average Bonchev–Trinajstić information content (AvgIpc) is 2.90. The number of nitrogens with zero attached hydrogens (tertiary/aromatic N) is 4. The highest BCUT2D eigenvalue weighted by atomic mass is 16.3. The Kier molecular flexibility index (Phi) is 4.01. The Bertz CT molecular complexity index is 466. The van der Waals surface area contributed by atoms with Crippen molar-refractivity contribution in [2.24, 2.45) is 0 Å². The Morgan fingerprint density at radius 3 is 2.56 bits per heavy atom. The SMILES string of the molecule is CC(O)CNC(C)c1ccc(-n2cnnn2)cc1. The van der Waals surface area contributed by atoms with Gasteiger partial charge in [0.15, 0.2) is 0 Å². The van der Waals surface area contributed by atoms with Crippen molar-refractivity contribution in [1.29, 1.82) is 0 Å². The molecule has 1 aromatic heterocycles. The lowest BCUT2D eigenvalue weighted by atomic mass is 10.1. The molecule has 2 N–H and O–H groups in total. The highest BCUT2D eigenvalue weighted by Crippen LogP contribution is 2.14. The van der Waals surface area contributed by atoms with Gasteiger partial charge in [0, 0.05) is 12.6 Å². The molecule has 0 radical (unpaired) electrons. The highest BCUT2D eigenvalue weighted by molar-refractivity contribution is 5.34. The van der Waals surface area contributed by atoms with Crippen molar-refractivity contribution in [3.05, 3.63) is 36.2 Å². The monoisotopic (exact) mass is 247 g/mol. The van der Waals surface area contributed by atoms with Gasteiger partial charge in [-0.3, -0.25) is 0 Å². The number of nitrogens with one attached hydrogen (secondary N) is 1. The zero-order chi connectivity index (χ0) is 13.0. The van der Waals surface area contributed by atoms with E-state index >= 15 is 0 Å². The Morgan fingerprint density at radius 1 is 1.28 bits per heavy atom. The van der Waals surface area contributed by atoms with Gasteiger partial charge in [-0.25, -0.2) is 4.68 Å². The summed E-state index contributed by atoms with van der Waals surface area (Å²) in [5.41, 5.74) is 2.08. The topological polar surface area (TPSA) is 75.9 Å². The summed E-state index contributed by atoms with van der Waals surface area (Å²) in [6.45, 7) is 4.41. The number of benzene rings is 1. The molecule has 96 valence electrons. The Morgan fingerprint density at radius 2 is 2.00 bits per heavy atom. The predicted molar refractivity (Wildman–Crippen MR) is 67.3 cm³/mol. The quantitative estimate of drug-likeness (QED) is 0.813. The summed E-state index contributed by atoms with van der Waals surface area (Å²) in [6.07, 6.45) is 1.22. The lowest BCUT2D eigenvalue weighted by molar-refractivity contribution is 0.187.